The number of carbonyl (C=O) groups is 1. The third-order valence-electron chi connectivity index (χ3n) is 3.53. The van der Waals surface area contributed by atoms with Gasteiger partial charge in [0.05, 0.1) is 12.7 Å². The molecule has 0 saturated carbocycles. The van der Waals surface area contributed by atoms with Gasteiger partial charge in [-0.05, 0) is 13.0 Å². The Bertz CT molecular complexity index is 506. The predicted octanol–water partition coefficient (Wildman–Crippen LogP) is 0.408. The lowest BCUT2D eigenvalue weighted by atomic mass is 10.1. The van der Waals surface area contributed by atoms with E-state index >= 15 is 0 Å². The van der Waals surface area contributed by atoms with Crippen molar-refractivity contribution in [2.75, 3.05) is 19.9 Å². The van der Waals surface area contributed by atoms with Crippen LogP contribution in [0.15, 0.2) is 18.2 Å². The number of nitrogens with one attached hydrogen (secondary N) is 2. The van der Waals surface area contributed by atoms with Gasteiger partial charge in [0.25, 0.3) is 0 Å². The Morgan fingerprint density at radius 2 is 2.35 bits per heavy atom. The number of hydrogen-bond acceptors (Lipinski definition) is 5. The highest BCUT2D eigenvalue weighted by Crippen LogP contribution is 2.35. The largest absolute Gasteiger partial charge is 0.454 e. The molecule has 0 aliphatic carbocycles. The van der Waals surface area contributed by atoms with Gasteiger partial charge < -0.3 is 24.8 Å². The second kappa shape index (κ2) is 5.68. The van der Waals surface area contributed by atoms with Crippen molar-refractivity contribution in [3.8, 4) is 11.5 Å². The quantitative estimate of drug-likeness (QED) is 0.838. The molecule has 0 aromatic heterocycles. The third-order valence-corrected chi connectivity index (χ3v) is 3.53. The van der Waals surface area contributed by atoms with Crippen LogP contribution in [0, 0.1) is 0 Å². The van der Waals surface area contributed by atoms with Crippen LogP contribution >= 0.6 is 0 Å². The van der Waals surface area contributed by atoms with Gasteiger partial charge in [0.15, 0.2) is 11.5 Å². The van der Waals surface area contributed by atoms with E-state index in [0.29, 0.717) is 25.4 Å². The van der Waals surface area contributed by atoms with Gasteiger partial charge in [-0.15, -0.1) is 0 Å². The fourth-order valence-electron chi connectivity index (χ4n) is 2.45. The van der Waals surface area contributed by atoms with Crippen LogP contribution in [0.1, 0.15) is 12.5 Å². The van der Waals surface area contributed by atoms with Crippen molar-refractivity contribution in [2.45, 2.75) is 25.6 Å². The summed E-state index contributed by atoms with van der Waals surface area (Å²) < 4.78 is 16.2. The number of hydrogen-bond donors (Lipinski definition) is 2. The zero-order valence-corrected chi connectivity index (χ0v) is 11.3. The number of fused-ring (bicyclic) bond motifs is 1. The summed E-state index contributed by atoms with van der Waals surface area (Å²) in [5.41, 5.74) is 0.915. The molecule has 2 heterocycles. The van der Waals surface area contributed by atoms with Crippen LogP contribution in [-0.2, 0) is 16.1 Å². The summed E-state index contributed by atoms with van der Waals surface area (Å²) in [6, 6.07) is 5.35. The van der Waals surface area contributed by atoms with Crippen LogP contribution in [0.2, 0.25) is 0 Å². The topological polar surface area (TPSA) is 68.8 Å². The normalized spacial score (nSPS) is 24.4. The fourth-order valence-corrected chi connectivity index (χ4v) is 2.45. The molecule has 108 valence electrons. The standard InChI is InChI=1S/C14H18N2O4/c1-9-12(15-5-6-18-9)14(17)16-7-10-3-2-4-11-13(10)20-8-19-11/h2-4,9,12,15H,5-8H2,1H3,(H,16,17)/t9-,12+/m1/s1. The zero-order valence-electron chi connectivity index (χ0n) is 11.3. The molecule has 6 heteroatoms. The van der Waals surface area contributed by atoms with Crippen LogP contribution < -0.4 is 20.1 Å². The minimum absolute atomic E-state index is 0.0614. The van der Waals surface area contributed by atoms with Gasteiger partial charge in [0.1, 0.15) is 6.04 Å². The lowest BCUT2D eigenvalue weighted by Gasteiger charge is -2.29. The van der Waals surface area contributed by atoms with E-state index in [1.54, 1.807) is 0 Å². The van der Waals surface area contributed by atoms with E-state index in [1.165, 1.54) is 0 Å². The maximum atomic E-state index is 12.2. The highest BCUT2D eigenvalue weighted by atomic mass is 16.7. The summed E-state index contributed by atoms with van der Waals surface area (Å²) >= 11 is 0. The van der Waals surface area contributed by atoms with Gasteiger partial charge >= 0.3 is 0 Å². The van der Waals surface area contributed by atoms with Crippen LogP contribution in [-0.4, -0.2) is 38.0 Å². The van der Waals surface area contributed by atoms with E-state index < -0.39 is 0 Å². The first kappa shape index (κ1) is 13.2. The summed E-state index contributed by atoms with van der Waals surface area (Å²) in [5.74, 6) is 1.38. The SMILES string of the molecule is C[C@H]1OCCN[C@@H]1C(=O)NCc1cccc2c1OCO2. The van der Waals surface area contributed by atoms with E-state index in [9.17, 15) is 4.79 Å². The molecule has 2 N–H and O–H groups in total. The Labute approximate surface area is 117 Å². The smallest absolute Gasteiger partial charge is 0.240 e. The number of para-hydroxylation sites is 1. The molecule has 0 radical (unpaired) electrons. The van der Waals surface area contributed by atoms with Crippen molar-refractivity contribution in [3.05, 3.63) is 23.8 Å². The Balaban J connectivity index is 1.62. The number of amides is 1. The number of morpholine rings is 1. The van der Waals surface area contributed by atoms with Crippen molar-refractivity contribution in [1.82, 2.24) is 10.6 Å². The first-order valence-corrected chi connectivity index (χ1v) is 6.76. The van der Waals surface area contributed by atoms with Crippen LogP contribution in [0.5, 0.6) is 11.5 Å². The fraction of sp³-hybridized carbons (Fsp3) is 0.500. The second-order valence-electron chi connectivity index (χ2n) is 4.88. The Hall–Kier alpha value is -1.79. The molecule has 20 heavy (non-hydrogen) atoms. The molecular weight excluding hydrogens is 260 g/mol. The maximum Gasteiger partial charge on any atom is 0.240 e. The van der Waals surface area contributed by atoms with Crippen LogP contribution in [0.25, 0.3) is 0 Å². The van der Waals surface area contributed by atoms with Gasteiger partial charge in [0, 0.05) is 18.7 Å². The average Bonchev–Trinajstić information content (AvgIpc) is 2.94. The molecule has 2 aliphatic rings. The Kier molecular flexibility index (Phi) is 3.75. The van der Waals surface area contributed by atoms with Gasteiger partial charge in [-0.3, -0.25) is 4.79 Å². The monoisotopic (exact) mass is 278 g/mol. The van der Waals surface area contributed by atoms with Gasteiger partial charge in [0.2, 0.25) is 12.7 Å². The highest BCUT2D eigenvalue weighted by molar-refractivity contribution is 5.82. The lowest BCUT2D eigenvalue weighted by Crippen LogP contribution is -2.55. The van der Waals surface area contributed by atoms with Gasteiger partial charge in [-0.1, -0.05) is 12.1 Å². The van der Waals surface area contributed by atoms with Gasteiger partial charge in [-0.2, -0.15) is 0 Å². The molecule has 1 saturated heterocycles. The van der Waals surface area contributed by atoms with Crippen LogP contribution in [0.4, 0.5) is 0 Å². The van der Waals surface area contributed by atoms with Crippen molar-refractivity contribution < 1.29 is 19.0 Å². The number of benzene rings is 1. The maximum absolute atomic E-state index is 12.2. The number of carbonyl (C=O) groups excluding carboxylic acids is 1. The Morgan fingerprint density at radius 3 is 3.20 bits per heavy atom. The van der Waals surface area contributed by atoms with Crippen molar-refractivity contribution in [1.29, 1.82) is 0 Å². The summed E-state index contributed by atoms with van der Waals surface area (Å²) in [6.45, 7) is 3.88. The summed E-state index contributed by atoms with van der Waals surface area (Å²) in [5, 5.41) is 6.08. The minimum Gasteiger partial charge on any atom is -0.454 e. The van der Waals surface area contributed by atoms with E-state index in [4.69, 9.17) is 14.2 Å². The Morgan fingerprint density at radius 1 is 1.45 bits per heavy atom. The molecular formula is C14H18N2O4. The van der Waals surface area contributed by atoms with E-state index in [-0.39, 0.29) is 24.8 Å². The average molecular weight is 278 g/mol. The predicted molar refractivity (Wildman–Crippen MR) is 71.6 cm³/mol. The molecule has 0 unspecified atom stereocenters. The molecule has 1 aromatic rings. The van der Waals surface area contributed by atoms with E-state index in [2.05, 4.69) is 10.6 Å². The summed E-state index contributed by atoms with van der Waals surface area (Å²) in [7, 11) is 0. The molecule has 0 spiro atoms. The van der Waals surface area contributed by atoms with E-state index in [0.717, 1.165) is 11.3 Å². The van der Waals surface area contributed by atoms with Crippen molar-refractivity contribution in [3.63, 3.8) is 0 Å². The van der Waals surface area contributed by atoms with Gasteiger partial charge in [-0.25, -0.2) is 0 Å². The molecule has 3 rings (SSSR count). The molecule has 0 bridgehead atoms. The van der Waals surface area contributed by atoms with Crippen LogP contribution in [0.3, 0.4) is 0 Å². The zero-order chi connectivity index (χ0) is 13.9. The second-order valence-corrected chi connectivity index (χ2v) is 4.88. The first-order valence-electron chi connectivity index (χ1n) is 6.76. The van der Waals surface area contributed by atoms with E-state index in [1.807, 2.05) is 25.1 Å². The summed E-state index contributed by atoms with van der Waals surface area (Å²) in [4.78, 5) is 12.2. The molecule has 6 nitrogen and oxygen atoms in total. The summed E-state index contributed by atoms with van der Waals surface area (Å²) in [6.07, 6.45) is -0.121. The van der Waals surface area contributed by atoms with Crippen molar-refractivity contribution >= 4 is 5.91 Å². The molecule has 1 amide bonds. The molecule has 1 aromatic carbocycles. The first-order chi connectivity index (χ1) is 9.75. The lowest BCUT2D eigenvalue weighted by molar-refractivity contribution is -0.129. The number of ether oxygens (including phenoxy) is 3. The van der Waals surface area contributed by atoms with Crippen molar-refractivity contribution in [2.24, 2.45) is 0 Å². The minimum atomic E-state index is -0.308. The third kappa shape index (κ3) is 2.57. The molecule has 2 aliphatic heterocycles. The number of rotatable bonds is 3. The molecule has 1 fully saturated rings. The highest BCUT2D eigenvalue weighted by Gasteiger charge is 2.28. The molecule has 2 atom stereocenters.